The van der Waals surface area contributed by atoms with Gasteiger partial charge in [-0.15, -0.1) is 0 Å². The summed E-state index contributed by atoms with van der Waals surface area (Å²) >= 11 is 5.92. The molecule has 0 atom stereocenters. The molecule has 5 heteroatoms. The molecule has 2 aromatic carbocycles. The molecule has 0 saturated heterocycles. The molecule has 0 aromatic heterocycles. The topological polar surface area (TPSA) is 43.4 Å². The van der Waals surface area contributed by atoms with Crippen LogP contribution in [0.1, 0.15) is 11.1 Å². The molecule has 0 aliphatic carbocycles. The summed E-state index contributed by atoms with van der Waals surface area (Å²) in [6.45, 7) is 1.91. The largest absolute Gasteiger partial charge is 0.496 e. The zero-order valence-electron chi connectivity index (χ0n) is 11.3. The Kier molecular flexibility index (Phi) is 4.35. The van der Waals surface area contributed by atoms with Gasteiger partial charge in [-0.25, -0.2) is 8.42 Å². The van der Waals surface area contributed by atoms with E-state index in [1.54, 1.807) is 42.5 Å². The first-order valence-corrected chi connectivity index (χ1v) is 8.07. The molecule has 2 aromatic rings. The van der Waals surface area contributed by atoms with E-state index < -0.39 is 9.84 Å². The summed E-state index contributed by atoms with van der Waals surface area (Å²) in [6, 6.07) is 11.7. The van der Waals surface area contributed by atoms with Crippen molar-refractivity contribution >= 4 is 21.4 Å². The lowest BCUT2D eigenvalue weighted by atomic mass is 10.2. The minimum atomic E-state index is -3.42. The van der Waals surface area contributed by atoms with Crippen LogP contribution in [0.2, 0.25) is 5.02 Å². The number of sulfone groups is 1. The Morgan fingerprint density at radius 2 is 1.75 bits per heavy atom. The quantitative estimate of drug-likeness (QED) is 0.866. The molecule has 106 valence electrons. The van der Waals surface area contributed by atoms with Crippen molar-refractivity contribution in [3.05, 3.63) is 58.6 Å². The highest BCUT2D eigenvalue weighted by atomic mass is 35.5. The molecule has 20 heavy (non-hydrogen) atoms. The third-order valence-electron chi connectivity index (χ3n) is 2.97. The Bertz CT molecular complexity index is 706. The van der Waals surface area contributed by atoms with Crippen LogP contribution in [-0.2, 0) is 15.6 Å². The molecule has 0 heterocycles. The van der Waals surface area contributed by atoms with Crippen molar-refractivity contribution in [2.75, 3.05) is 7.11 Å². The molecule has 0 unspecified atom stereocenters. The molecule has 0 fully saturated rings. The number of methoxy groups -OCH3 is 1. The van der Waals surface area contributed by atoms with E-state index in [9.17, 15) is 8.42 Å². The molecule has 0 aliphatic rings. The average Bonchev–Trinajstić information content (AvgIpc) is 2.39. The lowest BCUT2D eigenvalue weighted by Crippen LogP contribution is -2.06. The molecule has 0 amide bonds. The smallest absolute Gasteiger partial charge is 0.182 e. The van der Waals surface area contributed by atoms with E-state index in [2.05, 4.69) is 0 Å². The summed E-state index contributed by atoms with van der Waals surface area (Å²) in [5.74, 6) is 0.380. The van der Waals surface area contributed by atoms with E-state index in [1.165, 1.54) is 7.11 Å². The van der Waals surface area contributed by atoms with E-state index in [1.807, 2.05) is 6.92 Å². The Balaban J connectivity index is 2.37. The van der Waals surface area contributed by atoms with Crippen molar-refractivity contribution in [1.29, 1.82) is 0 Å². The lowest BCUT2D eigenvalue weighted by molar-refractivity contribution is 0.411. The fourth-order valence-corrected chi connectivity index (χ4v) is 3.44. The fraction of sp³-hybridized carbons (Fsp3) is 0.200. The summed E-state index contributed by atoms with van der Waals surface area (Å²) in [5, 5.41) is 0.486. The third-order valence-corrected chi connectivity index (χ3v) is 4.88. The number of benzene rings is 2. The molecular weight excluding hydrogens is 296 g/mol. The van der Waals surface area contributed by atoms with Gasteiger partial charge in [0.25, 0.3) is 0 Å². The fourth-order valence-electron chi connectivity index (χ4n) is 1.89. The third kappa shape index (κ3) is 3.32. The Labute approximate surface area is 124 Å². The van der Waals surface area contributed by atoms with Crippen LogP contribution in [-0.4, -0.2) is 15.5 Å². The van der Waals surface area contributed by atoms with Gasteiger partial charge in [0.2, 0.25) is 0 Å². The minimum absolute atomic E-state index is 0.139. The van der Waals surface area contributed by atoms with Crippen LogP contribution in [0.25, 0.3) is 0 Å². The van der Waals surface area contributed by atoms with Crippen LogP contribution in [0, 0.1) is 6.92 Å². The lowest BCUT2D eigenvalue weighted by Gasteiger charge is -2.10. The molecule has 2 rings (SSSR count). The van der Waals surface area contributed by atoms with Crippen molar-refractivity contribution in [3.63, 3.8) is 0 Å². The highest BCUT2D eigenvalue weighted by molar-refractivity contribution is 7.90. The van der Waals surface area contributed by atoms with Crippen molar-refractivity contribution in [3.8, 4) is 5.75 Å². The summed E-state index contributed by atoms with van der Waals surface area (Å²) < 4.78 is 30.0. The van der Waals surface area contributed by atoms with Crippen LogP contribution in [0.15, 0.2) is 47.4 Å². The summed E-state index contributed by atoms with van der Waals surface area (Å²) in [6.07, 6.45) is 0. The minimum Gasteiger partial charge on any atom is -0.496 e. The van der Waals surface area contributed by atoms with Gasteiger partial charge in [-0.2, -0.15) is 0 Å². The Hall–Kier alpha value is -1.52. The first kappa shape index (κ1) is 14.9. The zero-order chi connectivity index (χ0) is 14.8. The van der Waals surface area contributed by atoms with Gasteiger partial charge in [0.1, 0.15) is 5.75 Å². The van der Waals surface area contributed by atoms with Crippen LogP contribution in [0.4, 0.5) is 0 Å². The highest BCUT2D eigenvalue weighted by Gasteiger charge is 2.18. The molecule has 0 spiro atoms. The van der Waals surface area contributed by atoms with Crippen LogP contribution >= 0.6 is 11.6 Å². The first-order chi connectivity index (χ1) is 9.42. The Morgan fingerprint density at radius 1 is 1.10 bits per heavy atom. The number of halogens is 1. The number of ether oxygens (including phenoxy) is 1. The number of rotatable bonds is 4. The summed E-state index contributed by atoms with van der Waals surface area (Å²) in [5.41, 5.74) is 1.57. The summed E-state index contributed by atoms with van der Waals surface area (Å²) in [4.78, 5) is 0.296. The van der Waals surface area contributed by atoms with Crippen molar-refractivity contribution in [2.24, 2.45) is 0 Å². The van der Waals surface area contributed by atoms with E-state index in [4.69, 9.17) is 16.3 Å². The van der Waals surface area contributed by atoms with E-state index in [-0.39, 0.29) is 5.75 Å². The normalized spacial score (nSPS) is 11.3. The zero-order valence-corrected chi connectivity index (χ0v) is 12.8. The van der Waals surface area contributed by atoms with Crippen LogP contribution in [0.5, 0.6) is 5.75 Å². The standard InChI is InChI=1S/C15H15ClO3S/c1-11-3-6-14(7-4-11)20(17,18)10-12-9-13(16)5-8-15(12)19-2/h3-9H,10H2,1-2H3. The molecule has 0 N–H and O–H groups in total. The van der Waals surface area contributed by atoms with E-state index in [0.29, 0.717) is 21.2 Å². The van der Waals surface area contributed by atoms with Gasteiger partial charge in [-0.05, 0) is 37.3 Å². The van der Waals surface area contributed by atoms with Crippen LogP contribution in [0.3, 0.4) is 0 Å². The highest BCUT2D eigenvalue weighted by Crippen LogP contribution is 2.26. The molecule has 0 radical (unpaired) electrons. The second-order valence-corrected chi connectivity index (χ2v) is 6.95. The molecular formula is C15H15ClO3S. The maximum atomic E-state index is 12.4. The predicted octanol–water partition coefficient (Wildman–Crippen LogP) is 3.63. The monoisotopic (exact) mass is 310 g/mol. The second kappa shape index (κ2) is 5.85. The molecule has 0 aliphatic heterocycles. The van der Waals surface area contributed by atoms with Crippen molar-refractivity contribution < 1.29 is 13.2 Å². The van der Waals surface area contributed by atoms with Gasteiger partial charge in [-0.3, -0.25) is 0 Å². The van der Waals surface area contributed by atoms with Crippen LogP contribution < -0.4 is 4.74 Å². The first-order valence-electron chi connectivity index (χ1n) is 6.04. The molecule has 0 saturated carbocycles. The Morgan fingerprint density at radius 3 is 2.35 bits per heavy atom. The van der Waals surface area contributed by atoms with Gasteiger partial charge in [0.05, 0.1) is 17.8 Å². The second-order valence-electron chi connectivity index (χ2n) is 4.53. The number of aryl methyl sites for hydroxylation is 1. The summed E-state index contributed by atoms with van der Waals surface area (Å²) in [7, 11) is -1.91. The number of hydrogen-bond donors (Lipinski definition) is 0. The molecule has 3 nitrogen and oxygen atoms in total. The molecule has 0 bridgehead atoms. The van der Waals surface area contributed by atoms with Gasteiger partial charge in [0, 0.05) is 10.6 Å². The van der Waals surface area contributed by atoms with Gasteiger partial charge >= 0.3 is 0 Å². The SMILES string of the molecule is COc1ccc(Cl)cc1CS(=O)(=O)c1ccc(C)cc1. The van der Waals surface area contributed by atoms with E-state index >= 15 is 0 Å². The van der Waals surface area contributed by atoms with Gasteiger partial charge in [-0.1, -0.05) is 29.3 Å². The maximum Gasteiger partial charge on any atom is 0.182 e. The maximum absolute atomic E-state index is 12.4. The van der Waals surface area contributed by atoms with Crippen molar-refractivity contribution in [2.45, 2.75) is 17.6 Å². The van der Waals surface area contributed by atoms with Gasteiger partial charge in [0.15, 0.2) is 9.84 Å². The van der Waals surface area contributed by atoms with Gasteiger partial charge < -0.3 is 4.74 Å². The van der Waals surface area contributed by atoms with Crippen molar-refractivity contribution in [1.82, 2.24) is 0 Å². The predicted molar refractivity (Wildman–Crippen MR) is 80.1 cm³/mol. The average molecular weight is 311 g/mol. The van der Waals surface area contributed by atoms with E-state index in [0.717, 1.165) is 5.56 Å². The number of hydrogen-bond acceptors (Lipinski definition) is 3.